The molecule has 1 aromatic rings. The Kier molecular flexibility index (Phi) is 2.93. The molecule has 76 valence electrons. The fraction of sp³-hybridized carbons (Fsp3) is 0.600. The number of ether oxygens (including phenoxy) is 1. The van der Waals surface area contributed by atoms with Crippen LogP contribution in [0.15, 0.2) is 23.3 Å². The fourth-order valence-electron chi connectivity index (χ4n) is 1.73. The smallest absolute Gasteiger partial charge is 0.349 e. The Balaban J connectivity index is 1.91. The number of hydrogen-bond acceptors (Lipinski definition) is 3. The second kappa shape index (κ2) is 4.37. The van der Waals surface area contributed by atoms with Crippen molar-refractivity contribution in [1.82, 2.24) is 9.55 Å². The Morgan fingerprint density at radius 1 is 1.50 bits per heavy atom. The van der Waals surface area contributed by atoms with Crippen molar-refractivity contribution in [2.75, 3.05) is 0 Å². The highest BCUT2D eigenvalue weighted by atomic mass is 16.5. The molecule has 0 atom stereocenters. The van der Waals surface area contributed by atoms with Crippen LogP contribution in [-0.2, 0) is 11.5 Å². The molecule has 1 heterocycles. The van der Waals surface area contributed by atoms with Crippen LogP contribution < -0.4 is 5.69 Å². The summed E-state index contributed by atoms with van der Waals surface area (Å²) in [5.74, 6) is 0. The lowest BCUT2D eigenvalue weighted by Crippen LogP contribution is -2.24. The first kappa shape index (κ1) is 9.40. The van der Waals surface area contributed by atoms with Crippen molar-refractivity contribution in [1.29, 1.82) is 0 Å². The molecular formula is C10H14N2O2. The molecule has 0 aromatic carbocycles. The number of hydrogen-bond donors (Lipinski definition) is 0. The highest BCUT2D eigenvalue weighted by Gasteiger charge is 2.15. The van der Waals surface area contributed by atoms with Crippen molar-refractivity contribution in [3.63, 3.8) is 0 Å². The van der Waals surface area contributed by atoms with Crippen LogP contribution in [0.1, 0.15) is 25.7 Å². The number of rotatable bonds is 3. The van der Waals surface area contributed by atoms with E-state index in [4.69, 9.17) is 4.74 Å². The van der Waals surface area contributed by atoms with Gasteiger partial charge >= 0.3 is 5.69 Å². The van der Waals surface area contributed by atoms with Gasteiger partial charge in [-0.3, -0.25) is 4.57 Å². The molecule has 1 aromatic heterocycles. The third kappa shape index (κ3) is 2.20. The quantitative estimate of drug-likeness (QED) is 0.725. The van der Waals surface area contributed by atoms with Gasteiger partial charge in [-0.05, 0) is 18.9 Å². The minimum Gasteiger partial charge on any atom is -0.357 e. The predicted molar refractivity (Wildman–Crippen MR) is 51.8 cm³/mol. The second-order valence-corrected chi connectivity index (χ2v) is 3.57. The highest BCUT2D eigenvalue weighted by Crippen LogP contribution is 2.20. The second-order valence-electron chi connectivity index (χ2n) is 3.57. The van der Waals surface area contributed by atoms with Crippen LogP contribution in [0.3, 0.4) is 0 Å². The first-order valence-electron chi connectivity index (χ1n) is 4.99. The monoisotopic (exact) mass is 194 g/mol. The highest BCUT2D eigenvalue weighted by molar-refractivity contribution is 4.80. The lowest BCUT2D eigenvalue weighted by molar-refractivity contribution is 0.00915. The molecule has 0 spiro atoms. The van der Waals surface area contributed by atoms with Crippen molar-refractivity contribution in [2.24, 2.45) is 0 Å². The topological polar surface area (TPSA) is 44.1 Å². The summed E-state index contributed by atoms with van der Waals surface area (Å²) in [5.41, 5.74) is -0.245. The van der Waals surface area contributed by atoms with E-state index in [1.807, 2.05) is 0 Å². The minimum atomic E-state index is -0.245. The Hall–Kier alpha value is -1.16. The molecule has 0 radical (unpaired) electrons. The fourth-order valence-corrected chi connectivity index (χ4v) is 1.73. The molecule has 4 heteroatoms. The van der Waals surface area contributed by atoms with Crippen LogP contribution in [0.25, 0.3) is 0 Å². The molecule has 1 fully saturated rings. The summed E-state index contributed by atoms with van der Waals surface area (Å²) in [7, 11) is 0. The molecule has 0 aliphatic heterocycles. The zero-order valence-electron chi connectivity index (χ0n) is 8.06. The van der Waals surface area contributed by atoms with E-state index in [1.165, 1.54) is 23.6 Å². The molecule has 0 bridgehead atoms. The van der Waals surface area contributed by atoms with E-state index in [0.717, 1.165) is 12.8 Å². The summed E-state index contributed by atoms with van der Waals surface area (Å²) in [5, 5.41) is 0. The average Bonchev–Trinajstić information content (AvgIpc) is 2.69. The lowest BCUT2D eigenvalue weighted by Gasteiger charge is -2.11. The minimum absolute atomic E-state index is 0.245. The molecule has 0 amide bonds. The number of aromatic nitrogens is 2. The third-order valence-corrected chi connectivity index (χ3v) is 2.53. The van der Waals surface area contributed by atoms with Gasteiger partial charge in [-0.25, -0.2) is 9.78 Å². The maximum Gasteiger partial charge on any atom is 0.349 e. The van der Waals surface area contributed by atoms with E-state index in [0.29, 0.717) is 12.8 Å². The first-order valence-corrected chi connectivity index (χ1v) is 4.99. The van der Waals surface area contributed by atoms with Gasteiger partial charge in [-0.2, -0.15) is 0 Å². The summed E-state index contributed by atoms with van der Waals surface area (Å²) in [4.78, 5) is 14.8. The van der Waals surface area contributed by atoms with Gasteiger partial charge in [-0.1, -0.05) is 12.8 Å². The zero-order valence-corrected chi connectivity index (χ0v) is 8.06. The Labute approximate surface area is 82.5 Å². The molecular weight excluding hydrogens is 180 g/mol. The zero-order chi connectivity index (χ0) is 9.80. The van der Waals surface area contributed by atoms with Crippen molar-refractivity contribution >= 4 is 0 Å². The van der Waals surface area contributed by atoms with E-state index < -0.39 is 0 Å². The van der Waals surface area contributed by atoms with E-state index in [9.17, 15) is 4.79 Å². The van der Waals surface area contributed by atoms with Gasteiger partial charge in [-0.15, -0.1) is 0 Å². The number of nitrogens with zero attached hydrogens (tertiary/aromatic N) is 2. The van der Waals surface area contributed by atoms with Crippen LogP contribution in [-0.4, -0.2) is 15.7 Å². The van der Waals surface area contributed by atoms with Crippen molar-refractivity contribution < 1.29 is 4.74 Å². The summed E-state index contributed by atoms with van der Waals surface area (Å²) in [6.45, 7) is 0.331. The molecule has 2 rings (SSSR count). The molecule has 1 saturated carbocycles. The van der Waals surface area contributed by atoms with Crippen molar-refractivity contribution in [3.05, 3.63) is 28.9 Å². The van der Waals surface area contributed by atoms with Gasteiger partial charge in [0.25, 0.3) is 0 Å². The summed E-state index contributed by atoms with van der Waals surface area (Å²) in [6.07, 6.45) is 8.25. The normalized spacial score (nSPS) is 17.4. The van der Waals surface area contributed by atoms with Crippen molar-refractivity contribution in [3.8, 4) is 0 Å². The SMILES string of the molecule is O=c1ncccn1COC1CCCC1. The van der Waals surface area contributed by atoms with Gasteiger partial charge in [0.2, 0.25) is 0 Å². The molecule has 0 N–H and O–H groups in total. The van der Waals surface area contributed by atoms with Crippen LogP contribution in [0.2, 0.25) is 0 Å². The lowest BCUT2D eigenvalue weighted by atomic mass is 10.3. The third-order valence-electron chi connectivity index (χ3n) is 2.53. The summed E-state index contributed by atoms with van der Waals surface area (Å²) in [6, 6.07) is 1.74. The van der Waals surface area contributed by atoms with Gasteiger partial charge < -0.3 is 4.74 Å². The van der Waals surface area contributed by atoms with Crippen LogP contribution in [0, 0.1) is 0 Å². The maximum atomic E-state index is 11.2. The Bertz CT molecular complexity index is 342. The van der Waals surface area contributed by atoms with Crippen LogP contribution in [0.4, 0.5) is 0 Å². The molecule has 14 heavy (non-hydrogen) atoms. The molecule has 1 aliphatic rings. The van der Waals surface area contributed by atoms with E-state index in [1.54, 1.807) is 12.3 Å². The van der Waals surface area contributed by atoms with Gasteiger partial charge in [0.1, 0.15) is 6.73 Å². The Morgan fingerprint density at radius 3 is 3.00 bits per heavy atom. The predicted octanol–water partition coefficient (Wildman–Crippen LogP) is 1.16. The van der Waals surface area contributed by atoms with Crippen LogP contribution in [0.5, 0.6) is 0 Å². The first-order chi connectivity index (χ1) is 6.86. The summed E-state index contributed by atoms with van der Waals surface area (Å²) >= 11 is 0. The molecule has 1 aliphatic carbocycles. The van der Waals surface area contributed by atoms with Gasteiger partial charge in [0.05, 0.1) is 6.10 Å². The molecule has 0 saturated heterocycles. The Morgan fingerprint density at radius 2 is 2.29 bits per heavy atom. The van der Waals surface area contributed by atoms with E-state index >= 15 is 0 Å². The molecule has 4 nitrogen and oxygen atoms in total. The van der Waals surface area contributed by atoms with Crippen molar-refractivity contribution in [2.45, 2.75) is 38.5 Å². The van der Waals surface area contributed by atoms with E-state index in [-0.39, 0.29) is 5.69 Å². The standard InChI is InChI=1S/C10H14N2O2/c13-10-11-6-3-7-12(10)8-14-9-4-1-2-5-9/h3,6-7,9H,1-2,4-5,8H2. The largest absolute Gasteiger partial charge is 0.357 e. The maximum absolute atomic E-state index is 11.2. The van der Waals surface area contributed by atoms with Gasteiger partial charge in [0, 0.05) is 12.4 Å². The van der Waals surface area contributed by atoms with Crippen LogP contribution >= 0.6 is 0 Å². The van der Waals surface area contributed by atoms with Gasteiger partial charge in [0.15, 0.2) is 0 Å². The van der Waals surface area contributed by atoms with E-state index in [2.05, 4.69) is 4.98 Å². The average molecular weight is 194 g/mol. The summed E-state index contributed by atoms with van der Waals surface area (Å²) < 4.78 is 7.08. The molecule has 0 unspecified atom stereocenters.